The second-order valence-electron chi connectivity index (χ2n) is 7.54. The zero-order chi connectivity index (χ0) is 19.9. The maximum atomic E-state index is 12.7. The van der Waals surface area contributed by atoms with Gasteiger partial charge in [0.05, 0.1) is 5.56 Å². The first-order valence-corrected chi connectivity index (χ1v) is 10.1. The van der Waals surface area contributed by atoms with Crippen LogP contribution in [-0.4, -0.2) is 60.3 Å². The lowest BCUT2D eigenvalue weighted by atomic mass is 9.95. The number of ether oxygens (including phenoxy) is 1. The smallest absolute Gasteiger partial charge is 0.260 e. The van der Waals surface area contributed by atoms with Gasteiger partial charge in [0.15, 0.2) is 6.61 Å². The molecule has 0 unspecified atom stereocenters. The van der Waals surface area contributed by atoms with E-state index < -0.39 is 5.91 Å². The fourth-order valence-electron chi connectivity index (χ4n) is 3.95. The summed E-state index contributed by atoms with van der Waals surface area (Å²) in [6, 6.07) is 6.62. The molecule has 3 rings (SSSR count). The molecule has 152 valence electrons. The molecule has 2 N–H and O–H groups in total. The van der Waals surface area contributed by atoms with Gasteiger partial charge in [-0.2, -0.15) is 0 Å². The number of primary amides is 1. The minimum atomic E-state index is -0.587. The van der Waals surface area contributed by atoms with E-state index in [-0.39, 0.29) is 29.9 Å². The van der Waals surface area contributed by atoms with E-state index in [0.717, 1.165) is 25.9 Å². The lowest BCUT2D eigenvalue weighted by Crippen LogP contribution is -2.45. The Balaban J connectivity index is 1.47. The number of para-hydroxylation sites is 1. The predicted octanol–water partition coefficient (Wildman–Crippen LogP) is 1.81. The van der Waals surface area contributed by atoms with E-state index in [1.807, 2.05) is 4.90 Å². The molecule has 2 heterocycles. The molecular formula is C21H29N3O4. The highest BCUT2D eigenvalue weighted by molar-refractivity contribution is 5.95. The van der Waals surface area contributed by atoms with Crippen LogP contribution in [0, 0.1) is 5.92 Å². The van der Waals surface area contributed by atoms with Gasteiger partial charge in [0, 0.05) is 32.1 Å². The van der Waals surface area contributed by atoms with Crippen LogP contribution in [0.4, 0.5) is 0 Å². The number of nitrogens with two attached hydrogens (primary N) is 1. The van der Waals surface area contributed by atoms with E-state index in [0.29, 0.717) is 31.7 Å². The van der Waals surface area contributed by atoms with Crippen molar-refractivity contribution >= 4 is 17.7 Å². The Hall–Kier alpha value is -2.57. The molecule has 0 saturated carbocycles. The normalized spacial score (nSPS) is 18.4. The minimum absolute atomic E-state index is 0.0126. The van der Waals surface area contributed by atoms with Gasteiger partial charge in [0.2, 0.25) is 5.91 Å². The van der Waals surface area contributed by atoms with E-state index in [9.17, 15) is 14.4 Å². The molecule has 2 saturated heterocycles. The summed E-state index contributed by atoms with van der Waals surface area (Å²) in [6.45, 7) is 2.71. The van der Waals surface area contributed by atoms with E-state index in [1.54, 1.807) is 29.2 Å². The number of hydrogen-bond acceptors (Lipinski definition) is 4. The molecule has 2 aliphatic rings. The lowest BCUT2D eigenvalue weighted by Gasteiger charge is -2.34. The first kappa shape index (κ1) is 20.2. The van der Waals surface area contributed by atoms with Crippen LogP contribution in [0.2, 0.25) is 0 Å². The van der Waals surface area contributed by atoms with Gasteiger partial charge in [-0.3, -0.25) is 14.4 Å². The quantitative estimate of drug-likeness (QED) is 0.834. The summed E-state index contributed by atoms with van der Waals surface area (Å²) >= 11 is 0. The van der Waals surface area contributed by atoms with Gasteiger partial charge in [0.25, 0.3) is 11.8 Å². The molecule has 0 bridgehead atoms. The van der Waals surface area contributed by atoms with Crippen molar-refractivity contribution in [3.63, 3.8) is 0 Å². The minimum Gasteiger partial charge on any atom is -0.483 e. The highest BCUT2D eigenvalue weighted by atomic mass is 16.5. The number of amides is 3. The molecule has 0 spiro atoms. The summed E-state index contributed by atoms with van der Waals surface area (Å²) in [6.07, 6.45) is 5.98. The number of hydrogen-bond donors (Lipinski definition) is 1. The van der Waals surface area contributed by atoms with Crippen molar-refractivity contribution in [2.75, 3.05) is 32.8 Å². The van der Waals surface area contributed by atoms with Crippen LogP contribution in [-0.2, 0) is 9.59 Å². The number of carbonyl (C=O) groups is 3. The number of rotatable bonds is 5. The maximum absolute atomic E-state index is 12.7. The fraction of sp³-hybridized carbons (Fsp3) is 0.571. The van der Waals surface area contributed by atoms with Crippen LogP contribution < -0.4 is 10.5 Å². The Morgan fingerprint density at radius 1 is 0.929 bits per heavy atom. The van der Waals surface area contributed by atoms with Crippen LogP contribution in [0.5, 0.6) is 5.75 Å². The number of carbonyl (C=O) groups excluding carboxylic acids is 3. The van der Waals surface area contributed by atoms with Gasteiger partial charge in [-0.1, -0.05) is 25.0 Å². The molecule has 7 nitrogen and oxygen atoms in total. The highest BCUT2D eigenvalue weighted by Gasteiger charge is 2.30. The highest BCUT2D eigenvalue weighted by Crippen LogP contribution is 2.22. The predicted molar refractivity (Wildman–Crippen MR) is 105 cm³/mol. The maximum Gasteiger partial charge on any atom is 0.260 e. The summed E-state index contributed by atoms with van der Waals surface area (Å²) in [5.41, 5.74) is 5.59. The average molecular weight is 387 g/mol. The molecule has 7 heteroatoms. The van der Waals surface area contributed by atoms with E-state index in [2.05, 4.69) is 0 Å². The first-order valence-electron chi connectivity index (χ1n) is 10.1. The monoisotopic (exact) mass is 387 g/mol. The second-order valence-corrected chi connectivity index (χ2v) is 7.54. The topological polar surface area (TPSA) is 92.9 Å². The number of benzene rings is 1. The molecule has 1 aromatic rings. The number of likely N-dealkylation sites (tertiary alicyclic amines) is 2. The van der Waals surface area contributed by atoms with Crippen molar-refractivity contribution < 1.29 is 19.1 Å². The van der Waals surface area contributed by atoms with Gasteiger partial charge in [-0.25, -0.2) is 0 Å². The van der Waals surface area contributed by atoms with Crippen LogP contribution in [0.15, 0.2) is 24.3 Å². The zero-order valence-electron chi connectivity index (χ0n) is 16.3. The summed E-state index contributed by atoms with van der Waals surface area (Å²) < 4.78 is 5.53. The molecule has 28 heavy (non-hydrogen) atoms. The molecular weight excluding hydrogens is 358 g/mol. The van der Waals surface area contributed by atoms with Crippen molar-refractivity contribution in [2.45, 2.75) is 38.5 Å². The molecule has 2 aliphatic heterocycles. The Morgan fingerprint density at radius 3 is 2.21 bits per heavy atom. The summed E-state index contributed by atoms with van der Waals surface area (Å²) in [5, 5.41) is 0. The Kier molecular flexibility index (Phi) is 6.90. The molecule has 3 amide bonds. The van der Waals surface area contributed by atoms with Crippen molar-refractivity contribution in [2.24, 2.45) is 11.7 Å². The van der Waals surface area contributed by atoms with Gasteiger partial charge >= 0.3 is 0 Å². The third-order valence-electron chi connectivity index (χ3n) is 5.62. The van der Waals surface area contributed by atoms with Gasteiger partial charge in [-0.05, 0) is 37.8 Å². The summed E-state index contributed by atoms with van der Waals surface area (Å²) in [7, 11) is 0. The Labute approximate surface area is 165 Å². The fourth-order valence-corrected chi connectivity index (χ4v) is 3.95. The van der Waals surface area contributed by atoms with Crippen molar-refractivity contribution in [3.05, 3.63) is 29.8 Å². The first-order chi connectivity index (χ1) is 13.6. The van der Waals surface area contributed by atoms with E-state index >= 15 is 0 Å². The van der Waals surface area contributed by atoms with E-state index in [4.69, 9.17) is 10.5 Å². The number of piperidine rings is 1. The van der Waals surface area contributed by atoms with Gasteiger partial charge < -0.3 is 20.3 Å². The molecule has 1 aromatic carbocycles. The van der Waals surface area contributed by atoms with Crippen molar-refractivity contribution in [1.29, 1.82) is 0 Å². The van der Waals surface area contributed by atoms with Crippen LogP contribution in [0.1, 0.15) is 48.9 Å². The third-order valence-corrected chi connectivity index (χ3v) is 5.62. The van der Waals surface area contributed by atoms with Gasteiger partial charge in [0.1, 0.15) is 5.75 Å². The SMILES string of the molecule is NC(=O)c1ccccc1OCC(=O)N1CCC(C(=O)N2CCCCCC2)CC1. The van der Waals surface area contributed by atoms with Crippen molar-refractivity contribution in [1.82, 2.24) is 9.80 Å². The van der Waals surface area contributed by atoms with Crippen LogP contribution in [0.3, 0.4) is 0 Å². The lowest BCUT2D eigenvalue weighted by molar-refractivity contribution is -0.141. The molecule has 0 aliphatic carbocycles. The average Bonchev–Trinajstić information content (AvgIpc) is 3.01. The summed E-state index contributed by atoms with van der Waals surface area (Å²) in [5.74, 6) is -0.148. The largest absolute Gasteiger partial charge is 0.483 e. The molecule has 2 fully saturated rings. The Morgan fingerprint density at radius 2 is 1.57 bits per heavy atom. The number of nitrogens with zero attached hydrogens (tertiary/aromatic N) is 2. The van der Waals surface area contributed by atoms with Crippen LogP contribution in [0.25, 0.3) is 0 Å². The molecule has 0 radical (unpaired) electrons. The summed E-state index contributed by atoms with van der Waals surface area (Å²) in [4.78, 5) is 40.4. The molecule has 0 atom stereocenters. The van der Waals surface area contributed by atoms with E-state index in [1.165, 1.54) is 12.8 Å². The Bertz CT molecular complexity index is 705. The third kappa shape index (κ3) is 5.03. The molecule has 0 aromatic heterocycles. The zero-order valence-corrected chi connectivity index (χ0v) is 16.3. The second kappa shape index (κ2) is 9.57. The van der Waals surface area contributed by atoms with Crippen LogP contribution >= 0.6 is 0 Å². The van der Waals surface area contributed by atoms with Gasteiger partial charge in [-0.15, -0.1) is 0 Å². The van der Waals surface area contributed by atoms with Crippen molar-refractivity contribution in [3.8, 4) is 5.75 Å². The standard InChI is InChI=1S/C21H29N3O4/c22-20(26)17-7-3-4-8-18(17)28-15-19(25)23-13-9-16(10-14-23)21(27)24-11-5-1-2-6-12-24/h3-4,7-8,16H,1-2,5-6,9-15H2,(H2,22,26).